The molecule has 1 aliphatic heterocycles. The lowest BCUT2D eigenvalue weighted by Gasteiger charge is -2.25. The summed E-state index contributed by atoms with van der Waals surface area (Å²) in [4.78, 5) is 54.5. The summed E-state index contributed by atoms with van der Waals surface area (Å²) in [6.45, 7) is 1.04. The number of nitrogens with zero attached hydrogens (tertiary/aromatic N) is 1. The molecule has 4 amide bonds. The summed E-state index contributed by atoms with van der Waals surface area (Å²) in [6, 6.07) is 21.6. The summed E-state index contributed by atoms with van der Waals surface area (Å²) in [5.41, 5.74) is 1.96. The van der Waals surface area contributed by atoms with E-state index in [9.17, 15) is 19.2 Å². The topological polar surface area (TPSA) is 126 Å². The average molecular weight is 621 g/mol. The fraction of sp³-hybridized carbons (Fsp3) is 0.333. The van der Waals surface area contributed by atoms with Crippen molar-refractivity contribution in [2.24, 2.45) is 0 Å². The van der Waals surface area contributed by atoms with Gasteiger partial charge in [0.2, 0.25) is 17.7 Å². The van der Waals surface area contributed by atoms with Gasteiger partial charge in [-0.25, -0.2) is 0 Å². The Balaban J connectivity index is 1.46. The lowest BCUT2D eigenvalue weighted by atomic mass is 10.0. The van der Waals surface area contributed by atoms with Crippen molar-refractivity contribution in [1.29, 1.82) is 0 Å². The number of ether oxygens (including phenoxy) is 2. The third-order valence-electron chi connectivity index (χ3n) is 7.15. The van der Waals surface area contributed by atoms with Gasteiger partial charge in [-0.1, -0.05) is 72.3 Å². The first-order chi connectivity index (χ1) is 21.3. The van der Waals surface area contributed by atoms with Crippen molar-refractivity contribution in [3.05, 3.63) is 101 Å². The predicted molar refractivity (Wildman–Crippen MR) is 166 cm³/mol. The molecule has 3 aromatic rings. The first-order valence-electron chi connectivity index (χ1n) is 14.5. The fourth-order valence-electron chi connectivity index (χ4n) is 4.71. The van der Waals surface area contributed by atoms with E-state index in [1.807, 2.05) is 48.5 Å². The van der Waals surface area contributed by atoms with E-state index in [4.69, 9.17) is 21.1 Å². The third kappa shape index (κ3) is 9.55. The first kappa shape index (κ1) is 32.5. The summed E-state index contributed by atoms with van der Waals surface area (Å²) < 4.78 is 11.5. The smallest absolute Gasteiger partial charge is 0.255 e. The molecule has 0 radical (unpaired) electrons. The van der Waals surface area contributed by atoms with Crippen molar-refractivity contribution in [3.63, 3.8) is 0 Å². The summed E-state index contributed by atoms with van der Waals surface area (Å²) >= 11 is 6.17. The lowest BCUT2D eigenvalue weighted by Crippen LogP contribution is -2.50. The van der Waals surface area contributed by atoms with E-state index in [0.717, 1.165) is 11.1 Å². The normalized spacial score (nSPS) is 18.1. The molecule has 232 valence electrons. The van der Waals surface area contributed by atoms with Gasteiger partial charge in [0, 0.05) is 31.5 Å². The molecule has 1 aliphatic rings. The number of hydrogen-bond acceptors (Lipinski definition) is 6. The van der Waals surface area contributed by atoms with Gasteiger partial charge >= 0.3 is 0 Å². The van der Waals surface area contributed by atoms with E-state index in [1.54, 1.807) is 37.4 Å². The molecule has 44 heavy (non-hydrogen) atoms. The first-order valence-corrected chi connectivity index (χ1v) is 14.9. The zero-order valence-electron chi connectivity index (χ0n) is 24.6. The van der Waals surface area contributed by atoms with Gasteiger partial charge in [0.25, 0.3) is 5.91 Å². The number of para-hydroxylation sites is 1. The molecule has 3 aromatic carbocycles. The monoisotopic (exact) mass is 620 g/mol. The fourth-order valence-corrected chi connectivity index (χ4v) is 4.90. The van der Waals surface area contributed by atoms with E-state index >= 15 is 0 Å². The van der Waals surface area contributed by atoms with Gasteiger partial charge in [0.15, 0.2) is 0 Å². The molecule has 0 aliphatic carbocycles. The highest BCUT2D eigenvalue weighted by atomic mass is 35.5. The summed E-state index contributed by atoms with van der Waals surface area (Å²) in [6.07, 6.45) is 0.213. The molecule has 0 saturated carbocycles. The summed E-state index contributed by atoms with van der Waals surface area (Å²) in [7, 11) is 1.64. The molecular weight excluding hydrogens is 584 g/mol. The Morgan fingerprint density at radius 3 is 2.52 bits per heavy atom. The molecule has 4 rings (SSSR count). The summed E-state index contributed by atoms with van der Waals surface area (Å²) in [5.74, 6) is -1.34. The van der Waals surface area contributed by atoms with E-state index in [2.05, 4.69) is 16.0 Å². The summed E-state index contributed by atoms with van der Waals surface area (Å²) in [5, 5.41) is 8.97. The van der Waals surface area contributed by atoms with Crippen LogP contribution in [0.4, 0.5) is 0 Å². The van der Waals surface area contributed by atoms with Crippen LogP contribution in [0.1, 0.15) is 34.3 Å². The molecule has 0 fully saturated rings. The molecule has 10 nitrogen and oxygen atoms in total. The molecular formula is C33H37ClN4O6. The van der Waals surface area contributed by atoms with Crippen LogP contribution < -0.4 is 20.7 Å². The molecule has 0 saturated heterocycles. The molecule has 1 heterocycles. The van der Waals surface area contributed by atoms with Crippen LogP contribution in [0.3, 0.4) is 0 Å². The number of fused-ring (bicyclic) bond motifs is 1. The predicted octanol–water partition coefficient (Wildman–Crippen LogP) is 3.13. The van der Waals surface area contributed by atoms with E-state index in [0.29, 0.717) is 17.2 Å². The molecule has 0 unspecified atom stereocenters. The van der Waals surface area contributed by atoms with E-state index in [-0.39, 0.29) is 57.2 Å². The number of hydrogen-bond donors (Lipinski definition) is 3. The Labute approximate surface area is 262 Å². The second kappa shape index (κ2) is 16.4. The van der Waals surface area contributed by atoms with Gasteiger partial charge < -0.3 is 30.3 Å². The largest absolute Gasteiger partial charge is 0.491 e. The van der Waals surface area contributed by atoms with Crippen molar-refractivity contribution >= 4 is 35.2 Å². The molecule has 0 bridgehead atoms. The van der Waals surface area contributed by atoms with Gasteiger partial charge in [0.1, 0.15) is 24.4 Å². The second-order valence-electron chi connectivity index (χ2n) is 10.4. The number of rotatable bonds is 8. The zero-order chi connectivity index (χ0) is 31.3. The maximum atomic E-state index is 13.4. The highest BCUT2D eigenvalue weighted by molar-refractivity contribution is 6.31. The minimum Gasteiger partial charge on any atom is -0.491 e. The van der Waals surface area contributed by atoms with E-state index in [1.165, 1.54) is 4.90 Å². The minimum absolute atomic E-state index is 0.00893. The van der Waals surface area contributed by atoms with Crippen LogP contribution in [0.5, 0.6) is 5.75 Å². The number of carbonyl (C=O) groups excluding carboxylic acids is 4. The Bertz CT molecular complexity index is 1440. The van der Waals surface area contributed by atoms with Crippen LogP contribution in [-0.2, 0) is 32.1 Å². The zero-order valence-corrected chi connectivity index (χ0v) is 25.3. The SMILES string of the molecule is CN1CCOc2ccccc2C(=O)N[C@H](C(=O)NCCOCc2ccccc2Cl)CCC(=O)N[C@@H](Cc2ccccc2)C1=O. The van der Waals surface area contributed by atoms with Crippen LogP contribution in [0, 0.1) is 0 Å². The molecule has 3 N–H and O–H groups in total. The van der Waals surface area contributed by atoms with Gasteiger partial charge in [-0.2, -0.15) is 0 Å². The Morgan fingerprint density at radius 1 is 1.00 bits per heavy atom. The second-order valence-corrected chi connectivity index (χ2v) is 10.8. The lowest BCUT2D eigenvalue weighted by molar-refractivity contribution is -0.135. The minimum atomic E-state index is -1.03. The Hall–Kier alpha value is -4.41. The maximum absolute atomic E-state index is 13.4. The van der Waals surface area contributed by atoms with Gasteiger partial charge in [-0.15, -0.1) is 0 Å². The van der Waals surface area contributed by atoms with Gasteiger partial charge in [-0.3, -0.25) is 19.2 Å². The van der Waals surface area contributed by atoms with Crippen molar-refractivity contribution in [1.82, 2.24) is 20.9 Å². The van der Waals surface area contributed by atoms with Gasteiger partial charge in [0.05, 0.1) is 25.3 Å². The number of amides is 4. The highest BCUT2D eigenvalue weighted by Gasteiger charge is 2.28. The number of carbonyl (C=O) groups is 4. The highest BCUT2D eigenvalue weighted by Crippen LogP contribution is 2.19. The molecule has 11 heteroatoms. The average Bonchev–Trinajstić information content (AvgIpc) is 3.03. The van der Waals surface area contributed by atoms with Crippen LogP contribution in [0.2, 0.25) is 5.02 Å². The molecule has 0 spiro atoms. The van der Waals surface area contributed by atoms with Crippen LogP contribution in [-0.4, -0.2) is 74.0 Å². The Morgan fingerprint density at radius 2 is 1.73 bits per heavy atom. The van der Waals surface area contributed by atoms with Crippen molar-refractivity contribution in [2.75, 3.05) is 33.4 Å². The maximum Gasteiger partial charge on any atom is 0.255 e. The van der Waals surface area contributed by atoms with Gasteiger partial charge in [-0.05, 0) is 35.7 Å². The van der Waals surface area contributed by atoms with Crippen LogP contribution in [0.15, 0.2) is 78.9 Å². The molecule has 0 aromatic heterocycles. The number of halogens is 1. The third-order valence-corrected chi connectivity index (χ3v) is 7.52. The van der Waals surface area contributed by atoms with Crippen LogP contribution in [0.25, 0.3) is 0 Å². The van der Waals surface area contributed by atoms with Crippen LogP contribution >= 0.6 is 11.6 Å². The number of likely N-dealkylation sites (N-methyl/N-ethyl adjacent to an activating group) is 1. The van der Waals surface area contributed by atoms with Crippen molar-refractivity contribution < 1.29 is 28.7 Å². The number of nitrogens with one attached hydrogen (secondary N) is 3. The molecule has 2 atom stereocenters. The van der Waals surface area contributed by atoms with Crippen molar-refractivity contribution in [2.45, 2.75) is 38.0 Å². The van der Waals surface area contributed by atoms with Crippen molar-refractivity contribution in [3.8, 4) is 5.75 Å². The quantitative estimate of drug-likeness (QED) is 0.332. The standard InChI is InChI=1S/C33H37ClN4O6/c1-38-18-20-44-29-14-8-6-12-25(29)31(40)37-27(32(41)35-17-19-43-22-24-11-5-7-13-26(24)34)15-16-30(39)36-28(33(38)42)21-23-9-3-2-4-10-23/h2-14,27-28H,15-22H2,1H3,(H,35,41)(H,36,39)(H,37,40)/t27-,28-/m0/s1. The number of benzene rings is 3. The van der Waals surface area contributed by atoms with E-state index < -0.39 is 29.8 Å². The Kier molecular flexibility index (Phi) is 12.1.